The number of carbonyl (C=O) groups excluding carboxylic acids is 2. The first-order valence-electron chi connectivity index (χ1n) is 7.08. The van der Waals surface area contributed by atoms with E-state index in [1.807, 2.05) is 0 Å². The summed E-state index contributed by atoms with van der Waals surface area (Å²) < 4.78 is 35.9. The maximum atomic E-state index is 12.7. The van der Waals surface area contributed by atoms with Crippen LogP contribution in [0, 0.1) is 13.8 Å². The minimum Gasteiger partial charge on any atom is -0.497 e. The van der Waals surface area contributed by atoms with Crippen LogP contribution < -0.4 is 10.1 Å². The molecule has 1 rings (SSSR count). The van der Waals surface area contributed by atoms with Gasteiger partial charge in [0.15, 0.2) is 0 Å². The fourth-order valence-electron chi connectivity index (χ4n) is 2.18. The zero-order valence-corrected chi connectivity index (χ0v) is 15.2. The standard InChI is InChI=1S/C15H22N2O6S/c1-10-6-12(22-4)7-11(2)15(10)24(20,21)17(3)9-13(18)16-8-14(19)23-5/h6-7H,8-9H2,1-5H3,(H,16,18). The van der Waals surface area contributed by atoms with Gasteiger partial charge in [-0.25, -0.2) is 8.42 Å². The number of nitrogens with zero attached hydrogens (tertiary/aromatic N) is 1. The average molecular weight is 358 g/mol. The van der Waals surface area contributed by atoms with Crippen LogP contribution in [0.1, 0.15) is 11.1 Å². The van der Waals surface area contributed by atoms with Crippen LogP contribution in [0.2, 0.25) is 0 Å². The molecule has 0 aliphatic heterocycles. The van der Waals surface area contributed by atoms with Gasteiger partial charge in [0, 0.05) is 7.05 Å². The van der Waals surface area contributed by atoms with Gasteiger partial charge in [-0.1, -0.05) is 0 Å². The number of nitrogens with one attached hydrogen (secondary N) is 1. The van der Waals surface area contributed by atoms with Gasteiger partial charge >= 0.3 is 5.97 Å². The third-order valence-electron chi connectivity index (χ3n) is 3.36. The summed E-state index contributed by atoms with van der Waals surface area (Å²) >= 11 is 0. The van der Waals surface area contributed by atoms with E-state index in [0.717, 1.165) is 4.31 Å². The van der Waals surface area contributed by atoms with Gasteiger partial charge in [0.1, 0.15) is 12.3 Å². The van der Waals surface area contributed by atoms with Gasteiger partial charge in [-0.05, 0) is 37.1 Å². The molecule has 1 amide bonds. The summed E-state index contributed by atoms with van der Waals surface area (Å²) in [6.07, 6.45) is 0. The number of methoxy groups -OCH3 is 2. The van der Waals surface area contributed by atoms with Crippen molar-refractivity contribution in [3.63, 3.8) is 0 Å². The van der Waals surface area contributed by atoms with E-state index in [4.69, 9.17) is 4.74 Å². The van der Waals surface area contributed by atoms with Crippen molar-refractivity contribution in [2.45, 2.75) is 18.7 Å². The van der Waals surface area contributed by atoms with Crippen molar-refractivity contribution >= 4 is 21.9 Å². The Bertz CT molecular complexity index is 706. The Balaban J connectivity index is 2.96. The van der Waals surface area contributed by atoms with Gasteiger partial charge in [0.2, 0.25) is 15.9 Å². The van der Waals surface area contributed by atoms with E-state index in [9.17, 15) is 18.0 Å². The van der Waals surface area contributed by atoms with E-state index in [0.29, 0.717) is 16.9 Å². The van der Waals surface area contributed by atoms with E-state index in [1.165, 1.54) is 21.3 Å². The molecule has 0 saturated carbocycles. The fourth-order valence-corrected chi connectivity index (χ4v) is 3.71. The minimum atomic E-state index is -3.86. The molecule has 0 bridgehead atoms. The number of amides is 1. The van der Waals surface area contributed by atoms with E-state index in [-0.39, 0.29) is 11.4 Å². The lowest BCUT2D eigenvalue weighted by Crippen LogP contribution is -2.40. The predicted octanol–water partition coefficient (Wildman–Crippen LogP) is 0.222. The summed E-state index contributed by atoms with van der Waals surface area (Å²) in [7, 11) is 0.133. The molecule has 0 atom stereocenters. The van der Waals surface area contributed by atoms with Crippen LogP contribution in [0.5, 0.6) is 5.75 Å². The van der Waals surface area contributed by atoms with Crippen molar-refractivity contribution in [1.29, 1.82) is 0 Å². The van der Waals surface area contributed by atoms with E-state index in [1.54, 1.807) is 26.0 Å². The topological polar surface area (TPSA) is 102 Å². The number of sulfonamides is 1. The molecule has 0 aromatic heterocycles. The van der Waals surface area contributed by atoms with E-state index >= 15 is 0 Å². The first-order chi connectivity index (χ1) is 11.1. The van der Waals surface area contributed by atoms with Crippen LogP contribution in [0.3, 0.4) is 0 Å². The van der Waals surface area contributed by atoms with Crippen molar-refractivity contribution in [2.75, 3.05) is 34.4 Å². The lowest BCUT2D eigenvalue weighted by atomic mass is 10.1. The average Bonchev–Trinajstić information content (AvgIpc) is 2.51. The fraction of sp³-hybridized carbons (Fsp3) is 0.467. The number of hydrogen-bond donors (Lipinski definition) is 1. The molecular weight excluding hydrogens is 336 g/mol. The molecule has 0 fully saturated rings. The number of aryl methyl sites for hydroxylation is 2. The van der Waals surface area contributed by atoms with E-state index < -0.39 is 28.4 Å². The Morgan fingerprint density at radius 1 is 1.17 bits per heavy atom. The first-order valence-corrected chi connectivity index (χ1v) is 8.52. The molecule has 0 radical (unpaired) electrons. The molecule has 0 aliphatic rings. The number of carbonyl (C=O) groups is 2. The summed E-state index contributed by atoms with van der Waals surface area (Å²) in [4.78, 5) is 22.9. The SMILES string of the molecule is COC(=O)CNC(=O)CN(C)S(=O)(=O)c1c(C)cc(OC)cc1C. The van der Waals surface area contributed by atoms with Crippen LogP contribution >= 0.6 is 0 Å². The molecule has 1 aromatic carbocycles. The quantitative estimate of drug-likeness (QED) is 0.700. The molecule has 0 saturated heterocycles. The second-order valence-electron chi connectivity index (χ2n) is 5.20. The third kappa shape index (κ3) is 4.68. The molecule has 0 spiro atoms. The molecule has 9 heteroatoms. The molecule has 1 N–H and O–H groups in total. The summed E-state index contributed by atoms with van der Waals surface area (Å²) in [5.74, 6) is -0.659. The second kappa shape index (κ2) is 8.11. The lowest BCUT2D eigenvalue weighted by Gasteiger charge is -2.20. The van der Waals surface area contributed by atoms with Crippen LogP contribution in [0.4, 0.5) is 0 Å². The largest absolute Gasteiger partial charge is 0.497 e. The molecule has 0 unspecified atom stereocenters. The Labute approximate surface area is 141 Å². The van der Waals surface area contributed by atoms with Gasteiger partial charge < -0.3 is 14.8 Å². The summed E-state index contributed by atoms with van der Waals surface area (Å²) in [6.45, 7) is 2.59. The van der Waals surface area contributed by atoms with Gasteiger partial charge in [-0.3, -0.25) is 9.59 Å². The Kier molecular flexibility index (Phi) is 6.73. The Morgan fingerprint density at radius 2 is 1.71 bits per heavy atom. The summed E-state index contributed by atoms with van der Waals surface area (Å²) in [5, 5.41) is 2.30. The molecule has 24 heavy (non-hydrogen) atoms. The Morgan fingerprint density at radius 3 is 2.17 bits per heavy atom. The van der Waals surface area contributed by atoms with Crippen LogP contribution in [-0.4, -0.2) is 59.0 Å². The minimum absolute atomic E-state index is 0.131. The number of rotatable bonds is 7. The number of esters is 1. The third-order valence-corrected chi connectivity index (χ3v) is 5.47. The van der Waals surface area contributed by atoms with Crippen LogP contribution in [0.15, 0.2) is 17.0 Å². The van der Waals surface area contributed by atoms with Crippen molar-refractivity contribution in [1.82, 2.24) is 9.62 Å². The normalized spacial score (nSPS) is 11.2. The molecule has 134 valence electrons. The maximum absolute atomic E-state index is 12.7. The molecule has 0 aliphatic carbocycles. The molecular formula is C15H22N2O6S. The highest BCUT2D eigenvalue weighted by Crippen LogP contribution is 2.27. The summed E-state index contributed by atoms with van der Waals surface area (Å²) in [6, 6.07) is 3.23. The number of likely N-dealkylation sites (N-methyl/N-ethyl adjacent to an activating group) is 1. The zero-order chi connectivity index (χ0) is 18.5. The smallest absolute Gasteiger partial charge is 0.325 e. The van der Waals surface area contributed by atoms with Gasteiger partial charge in [0.25, 0.3) is 0 Å². The highest BCUT2D eigenvalue weighted by atomic mass is 32.2. The number of hydrogen-bond acceptors (Lipinski definition) is 6. The highest BCUT2D eigenvalue weighted by Gasteiger charge is 2.27. The molecule has 8 nitrogen and oxygen atoms in total. The van der Waals surface area contributed by atoms with Crippen LogP contribution in [-0.2, 0) is 24.3 Å². The zero-order valence-electron chi connectivity index (χ0n) is 14.4. The summed E-state index contributed by atoms with van der Waals surface area (Å²) in [5.41, 5.74) is 1.04. The van der Waals surface area contributed by atoms with Crippen molar-refractivity contribution < 1.29 is 27.5 Å². The molecule has 0 heterocycles. The van der Waals surface area contributed by atoms with E-state index in [2.05, 4.69) is 10.1 Å². The van der Waals surface area contributed by atoms with Crippen molar-refractivity contribution in [2.24, 2.45) is 0 Å². The second-order valence-corrected chi connectivity index (χ2v) is 7.19. The highest BCUT2D eigenvalue weighted by molar-refractivity contribution is 7.89. The van der Waals surface area contributed by atoms with Gasteiger partial charge in [-0.15, -0.1) is 0 Å². The maximum Gasteiger partial charge on any atom is 0.325 e. The number of ether oxygens (including phenoxy) is 2. The monoisotopic (exact) mass is 358 g/mol. The lowest BCUT2D eigenvalue weighted by molar-refractivity contribution is -0.141. The molecule has 1 aromatic rings. The Hall–Kier alpha value is -2.13. The first kappa shape index (κ1) is 19.9. The predicted molar refractivity (Wildman–Crippen MR) is 87.3 cm³/mol. The van der Waals surface area contributed by atoms with Gasteiger partial charge in [-0.2, -0.15) is 4.31 Å². The number of benzene rings is 1. The van der Waals surface area contributed by atoms with Crippen molar-refractivity contribution in [3.05, 3.63) is 23.3 Å². The van der Waals surface area contributed by atoms with Crippen LogP contribution in [0.25, 0.3) is 0 Å². The van der Waals surface area contributed by atoms with Gasteiger partial charge in [0.05, 0.1) is 25.7 Å². The van der Waals surface area contributed by atoms with Crippen molar-refractivity contribution in [3.8, 4) is 5.75 Å².